The Labute approximate surface area is 152 Å². The van der Waals surface area contributed by atoms with Gasteiger partial charge in [-0.1, -0.05) is 42.5 Å². The van der Waals surface area contributed by atoms with Gasteiger partial charge in [-0.05, 0) is 23.8 Å². The molecule has 0 aliphatic rings. The highest BCUT2D eigenvalue weighted by molar-refractivity contribution is 5.87. The fourth-order valence-corrected chi connectivity index (χ4v) is 2.28. The third-order valence-electron chi connectivity index (χ3n) is 3.58. The van der Waals surface area contributed by atoms with Gasteiger partial charge in [-0.15, -0.1) is 0 Å². The molecule has 0 radical (unpaired) electrons. The van der Waals surface area contributed by atoms with Crippen LogP contribution in [0, 0.1) is 0 Å². The summed E-state index contributed by atoms with van der Waals surface area (Å²) < 4.78 is 48.5. The zero-order valence-corrected chi connectivity index (χ0v) is 13.9. The molecular weight excluding hydrogens is 359 g/mol. The largest absolute Gasteiger partial charge is 0.453 e. The first-order chi connectivity index (χ1) is 12.9. The number of halogens is 3. The molecule has 4 nitrogen and oxygen atoms in total. The summed E-state index contributed by atoms with van der Waals surface area (Å²) >= 11 is 0. The fraction of sp³-hybridized carbons (Fsp3) is 0.100. The number of rotatable bonds is 5. The van der Waals surface area contributed by atoms with Crippen LogP contribution in [0.5, 0.6) is 0 Å². The third-order valence-corrected chi connectivity index (χ3v) is 3.58. The van der Waals surface area contributed by atoms with Crippen molar-refractivity contribution in [1.82, 2.24) is 4.98 Å². The van der Waals surface area contributed by atoms with Gasteiger partial charge in [-0.25, -0.2) is 9.78 Å². The molecule has 0 fully saturated rings. The lowest BCUT2D eigenvalue weighted by atomic mass is 10.1. The molecule has 27 heavy (non-hydrogen) atoms. The van der Waals surface area contributed by atoms with Gasteiger partial charge in [-0.2, -0.15) is 13.2 Å². The van der Waals surface area contributed by atoms with Crippen LogP contribution in [0.25, 0.3) is 17.4 Å². The molecule has 2 aromatic carbocycles. The van der Waals surface area contributed by atoms with Crippen LogP contribution in [0.2, 0.25) is 0 Å². The number of ether oxygens (including phenoxy) is 1. The van der Waals surface area contributed by atoms with E-state index in [1.165, 1.54) is 24.4 Å². The van der Waals surface area contributed by atoms with Crippen LogP contribution < -0.4 is 0 Å². The molecule has 0 N–H and O–H groups in total. The average Bonchev–Trinajstić information content (AvgIpc) is 3.14. The summed E-state index contributed by atoms with van der Waals surface area (Å²) in [7, 11) is 0. The maximum atomic E-state index is 12.7. The van der Waals surface area contributed by atoms with E-state index in [2.05, 4.69) is 4.98 Å². The van der Waals surface area contributed by atoms with Crippen LogP contribution in [-0.2, 0) is 22.3 Å². The van der Waals surface area contributed by atoms with E-state index in [0.717, 1.165) is 23.8 Å². The number of carbonyl (C=O) groups is 1. The SMILES string of the molecule is O=C(/C=C/c1cccc(C(F)(F)F)c1)OCc1ncc(-c2ccccc2)o1. The first-order valence-corrected chi connectivity index (χ1v) is 7.94. The first kappa shape index (κ1) is 18.4. The summed E-state index contributed by atoms with van der Waals surface area (Å²) in [4.78, 5) is 15.8. The molecule has 3 rings (SSSR count). The molecule has 7 heteroatoms. The Morgan fingerprint density at radius 1 is 1.11 bits per heavy atom. The van der Waals surface area contributed by atoms with E-state index in [0.29, 0.717) is 5.76 Å². The number of hydrogen-bond donors (Lipinski definition) is 0. The number of carbonyl (C=O) groups excluding carboxylic acids is 1. The van der Waals surface area contributed by atoms with E-state index in [4.69, 9.17) is 9.15 Å². The summed E-state index contributed by atoms with van der Waals surface area (Å²) in [6.07, 6.45) is -0.609. The Morgan fingerprint density at radius 2 is 1.89 bits per heavy atom. The Kier molecular flexibility index (Phi) is 5.40. The van der Waals surface area contributed by atoms with Crippen LogP contribution in [0.1, 0.15) is 17.0 Å². The Balaban J connectivity index is 1.57. The van der Waals surface area contributed by atoms with Crippen molar-refractivity contribution in [2.75, 3.05) is 0 Å². The van der Waals surface area contributed by atoms with Gasteiger partial charge in [0.2, 0.25) is 5.89 Å². The molecule has 1 heterocycles. The number of benzene rings is 2. The smallest absolute Gasteiger partial charge is 0.416 e. The topological polar surface area (TPSA) is 52.3 Å². The number of nitrogens with zero attached hydrogens (tertiary/aromatic N) is 1. The van der Waals surface area contributed by atoms with Gasteiger partial charge < -0.3 is 9.15 Å². The maximum absolute atomic E-state index is 12.7. The van der Waals surface area contributed by atoms with Crippen molar-refractivity contribution in [1.29, 1.82) is 0 Å². The van der Waals surface area contributed by atoms with Crippen molar-refractivity contribution in [2.24, 2.45) is 0 Å². The molecule has 1 aromatic heterocycles. The quantitative estimate of drug-likeness (QED) is 0.460. The van der Waals surface area contributed by atoms with Gasteiger partial charge in [0, 0.05) is 11.6 Å². The predicted molar refractivity (Wildman–Crippen MR) is 92.2 cm³/mol. The van der Waals surface area contributed by atoms with Crippen molar-refractivity contribution in [2.45, 2.75) is 12.8 Å². The lowest BCUT2D eigenvalue weighted by Crippen LogP contribution is -2.04. The van der Waals surface area contributed by atoms with Gasteiger partial charge in [0.1, 0.15) is 0 Å². The van der Waals surface area contributed by atoms with Gasteiger partial charge in [0.05, 0.1) is 11.8 Å². The molecule has 0 bridgehead atoms. The molecule has 0 saturated carbocycles. The molecule has 0 atom stereocenters. The van der Waals surface area contributed by atoms with Crippen LogP contribution in [0.15, 0.2) is 71.3 Å². The van der Waals surface area contributed by atoms with Crippen molar-refractivity contribution in [3.05, 3.63) is 83.9 Å². The molecule has 3 aromatic rings. The van der Waals surface area contributed by atoms with Gasteiger partial charge in [0.25, 0.3) is 0 Å². The second kappa shape index (κ2) is 7.90. The number of esters is 1. The molecule has 0 spiro atoms. The summed E-state index contributed by atoms with van der Waals surface area (Å²) in [5.41, 5.74) is 0.294. The van der Waals surface area contributed by atoms with Crippen LogP contribution >= 0.6 is 0 Å². The van der Waals surface area contributed by atoms with E-state index >= 15 is 0 Å². The third kappa shape index (κ3) is 5.07. The van der Waals surface area contributed by atoms with Crippen molar-refractivity contribution >= 4 is 12.0 Å². The van der Waals surface area contributed by atoms with E-state index in [9.17, 15) is 18.0 Å². The van der Waals surface area contributed by atoms with Gasteiger partial charge >= 0.3 is 12.1 Å². The lowest BCUT2D eigenvalue weighted by molar-refractivity contribution is -0.139. The number of aromatic nitrogens is 1. The first-order valence-electron chi connectivity index (χ1n) is 7.94. The summed E-state index contributed by atoms with van der Waals surface area (Å²) in [5, 5.41) is 0. The van der Waals surface area contributed by atoms with Crippen molar-refractivity contribution in [3.8, 4) is 11.3 Å². The highest BCUT2D eigenvalue weighted by Crippen LogP contribution is 2.29. The minimum atomic E-state index is -4.44. The Hall–Kier alpha value is -3.35. The Morgan fingerprint density at radius 3 is 2.63 bits per heavy atom. The van der Waals surface area contributed by atoms with E-state index in [1.807, 2.05) is 30.3 Å². The summed E-state index contributed by atoms with van der Waals surface area (Å²) in [6, 6.07) is 13.9. The molecule has 0 aliphatic heterocycles. The summed E-state index contributed by atoms with van der Waals surface area (Å²) in [5.74, 6) is 0.0442. The van der Waals surface area contributed by atoms with E-state index in [-0.39, 0.29) is 18.1 Å². The monoisotopic (exact) mass is 373 g/mol. The second-order valence-electron chi connectivity index (χ2n) is 5.55. The number of hydrogen-bond acceptors (Lipinski definition) is 4. The fourth-order valence-electron chi connectivity index (χ4n) is 2.28. The number of oxazole rings is 1. The van der Waals surface area contributed by atoms with Crippen LogP contribution in [-0.4, -0.2) is 11.0 Å². The van der Waals surface area contributed by atoms with E-state index in [1.54, 1.807) is 0 Å². The zero-order chi connectivity index (χ0) is 19.3. The molecule has 0 aliphatic carbocycles. The van der Waals surface area contributed by atoms with Gasteiger partial charge in [-0.3, -0.25) is 0 Å². The molecule has 0 saturated heterocycles. The predicted octanol–water partition coefficient (Wildman–Crippen LogP) is 5.12. The molecule has 138 valence electrons. The lowest BCUT2D eigenvalue weighted by Gasteiger charge is -2.06. The van der Waals surface area contributed by atoms with Crippen LogP contribution in [0.3, 0.4) is 0 Å². The van der Waals surface area contributed by atoms with Crippen molar-refractivity contribution < 1.29 is 27.1 Å². The highest BCUT2D eigenvalue weighted by Gasteiger charge is 2.30. The normalized spacial score (nSPS) is 11.7. The zero-order valence-electron chi connectivity index (χ0n) is 13.9. The van der Waals surface area contributed by atoms with E-state index < -0.39 is 17.7 Å². The average molecular weight is 373 g/mol. The Bertz CT molecular complexity index is 946. The molecule has 0 unspecified atom stereocenters. The molecular formula is C20H14F3NO3. The minimum Gasteiger partial charge on any atom is -0.453 e. The number of alkyl halides is 3. The second-order valence-corrected chi connectivity index (χ2v) is 5.55. The standard InChI is InChI=1S/C20H14F3NO3/c21-20(22,23)16-8-4-5-14(11-16)9-10-19(25)26-13-18-24-12-17(27-18)15-6-2-1-3-7-15/h1-12H,13H2/b10-9+. The minimum absolute atomic E-state index is 0.182. The van der Waals surface area contributed by atoms with Crippen molar-refractivity contribution in [3.63, 3.8) is 0 Å². The summed E-state index contributed by atoms with van der Waals surface area (Å²) in [6.45, 7) is -0.182. The molecule has 0 amide bonds. The van der Waals surface area contributed by atoms with Gasteiger partial charge in [0.15, 0.2) is 12.4 Å². The highest BCUT2D eigenvalue weighted by atomic mass is 19.4. The maximum Gasteiger partial charge on any atom is 0.416 e. The van der Waals surface area contributed by atoms with Crippen LogP contribution in [0.4, 0.5) is 13.2 Å².